The van der Waals surface area contributed by atoms with Crippen LogP contribution in [0.3, 0.4) is 0 Å². The van der Waals surface area contributed by atoms with Gasteiger partial charge in [-0.2, -0.15) is 0 Å². The number of para-hydroxylation sites is 1. The van der Waals surface area contributed by atoms with Crippen molar-refractivity contribution in [2.24, 2.45) is 5.92 Å². The fraction of sp³-hybridized carbons (Fsp3) is 0.562. The minimum Gasteiger partial charge on any atom is -0.478 e. The molecule has 0 saturated carbocycles. The summed E-state index contributed by atoms with van der Waals surface area (Å²) in [6.45, 7) is 10.2. The van der Waals surface area contributed by atoms with Gasteiger partial charge < -0.3 is 10.0 Å². The zero-order chi connectivity index (χ0) is 14.4. The average Bonchev–Trinajstić information content (AvgIpc) is 2.38. The monoisotopic (exact) mass is 263 g/mol. The van der Waals surface area contributed by atoms with E-state index in [1.165, 1.54) is 0 Å². The van der Waals surface area contributed by atoms with Crippen LogP contribution in [-0.4, -0.2) is 24.2 Å². The van der Waals surface area contributed by atoms with E-state index in [9.17, 15) is 9.90 Å². The van der Waals surface area contributed by atoms with E-state index in [-0.39, 0.29) is 0 Å². The van der Waals surface area contributed by atoms with Gasteiger partial charge in [-0.25, -0.2) is 4.79 Å². The second kappa shape index (κ2) is 7.17. The Balaban J connectivity index is 3.21. The van der Waals surface area contributed by atoms with Crippen molar-refractivity contribution >= 4 is 11.7 Å². The molecule has 0 aliphatic heterocycles. The quantitative estimate of drug-likeness (QED) is 0.813. The van der Waals surface area contributed by atoms with Crippen LogP contribution in [0.1, 0.15) is 50.0 Å². The van der Waals surface area contributed by atoms with Crippen LogP contribution in [0.5, 0.6) is 0 Å². The normalized spacial score (nSPS) is 10.8. The molecule has 3 nitrogen and oxygen atoms in total. The van der Waals surface area contributed by atoms with Gasteiger partial charge in [0.15, 0.2) is 0 Å². The molecule has 106 valence electrons. The number of hydrogen-bond acceptors (Lipinski definition) is 2. The van der Waals surface area contributed by atoms with Crippen LogP contribution in [0.15, 0.2) is 18.2 Å². The Morgan fingerprint density at radius 3 is 2.37 bits per heavy atom. The number of rotatable bonds is 7. The standard InChI is InChI=1S/C16H25NO2/c1-5-17(6-2)15-13(11-10-12(3)4)8-7-9-14(15)16(18)19/h7-9,12H,5-6,10-11H2,1-4H3,(H,18,19). The summed E-state index contributed by atoms with van der Waals surface area (Å²) < 4.78 is 0. The lowest BCUT2D eigenvalue weighted by Crippen LogP contribution is -2.25. The van der Waals surface area contributed by atoms with Crippen molar-refractivity contribution < 1.29 is 9.90 Å². The van der Waals surface area contributed by atoms with Crippen molar-refractivity contribution in [1.82, 2.24) is 0 Å². The van der Waals surface area contributed by atoms with E-state index >= 15 is 0 Å². The van der Waals surface area contributed by atoms with Crippen LogP contribution in [0.25, 0.3) is 0 Å². The third kappa shape index (κ3) is 3.98. The molecular weight excluding hydrogens is 238 g/mol. The number of carbonyl (C=O) groups is 1. The largest absolute Gasteiger partial charge is 0.478 e. The van der Waals surface area contributed by atoms with E-state index in [0.29, 0.717) is 11.5 Å². The van der Waals surface area contributed by atoms with Crippen molar-refractivity contribution in [1.29, 1.82) is 0 Å². The highest BCUT2D eigenvalue weighted by Crippen LogP contribution is 2.27. The molecule has 0 heterocycles. The molecule has 0 radical (unpaired) electrons. The third-order valence-electron chi connectivity index (χ3n) is 3.42. The second-order valence-electron chi connectivity index (χ2n) is 5.22. The predicted octanol–water partition coefficient (Wildman–Crippen LogP) is 3.82. The lowest BCUT2D eigenvalue weighted by molar-refractivity contribution is 0.0697. The van der Waals surface area contributed by atoms with Gasteiger partial charge in [-0.3, -0.25) is 0 Å². The van der Waals surface area contributed by atoms with E-state index < -0.39 is 5.97 Å². The number of carboxylic acids is 1. The van der Waals surface area contributed by atoms with Crippen LogP contribution < -0.4 is 4.90 Å². The zero-order valence-corrected chi connectivity index (χ0v) is 12.4. The fourth-order valence-electron chi connectivity index (χ4n) is 2.32. The summed E-state index contributed by atoms with van der Waals surface area (Å²) in [7, 11) is 0. The molecule has 0 aliphatic rings. The van der Waals surface area contributed by atoms with Crippen LogP contribution in [-0.2, 0) is 6.42 Å². The Kier molecular flexibility index (Phi) is 5.87. The maximum absolute atomic E-state index is 11.4. The van der Waals surface area contributed by atoms with E-state index in [2.05, 4.69) is 38.7 Å². The molecule has 0 bridgehead atoms. The van der Waals surface area contributed by atoms with Crippen molar-refractivity contribution in [3.05, 3.63) is 29.3 Å². The van der Waals surface area contributed by atoms with E-state index in [1.807, 2.05) is 6.07 Å². The number of benzene rings is 1. The van der Waals surface area contributed by atoms with E-state index in [1.54, 1.807) is 6.07 Å². The highest BCUT2D eigenvalue weighted by molar-refractivity contribution is 5.95. The molecular formula is C16H25NO2. The Hall–Kier alpha value is -1.51. The SMILES string of the molecule is CCN(CC)c1c(CCC(C)C)cccc1C(=O)O. The third-order valence-corrected chi connectivity index (χ3v) is 3.42. The average molecular weight is 263 g/mol. The molecule has 0 aliphatic carbocycles. The molecule has 1 rings (SSSR count). The summed E-state index contributed by atoms with van der Waals surface area (Å²) >= 11 is 0. The molecule has 0 unspecified atom stereocenters. The van der Waals surface area contributed by atoms with Gasteiger partial charge in [0.2, 0.25) is 0 Å². The fourth-order valence-corrected chi connectivity index (χ4v) is 2.32. The van der Waals surface area contributed by atoms with Gasteiger partial charge in [-0.15, -0.1) is 0 Å². The lowest BCUT2D eigenvalue weighted by atomic mass is 9.98. The predicted molar refractivity (Wildman–Crippen MR) is 80.1 cm³/mol. The molecule has 0 fully saturated rings. The highest BCUT2D eigenvalue weighted by Gasteiger charge is 2.17. The number of carboxylic acid groups (broad SMARTS) is 1. The van der Waals surface area contributed by atoms with Gasteiger partial charge in [-0.1, -0.05) is 26.0 Å². The maximum atomic E-state index is 11.4. The van der Waals surface area contributed by atoms with E-state index in [0.717, 1.165) is 37.2 Å². The van der Waals surface area contributed by atoms with Crippen molar-refractivity contribution in [3.63, 3.8) is 0 Å². The molecule has 19 heavy (non-hydrogen) atoms. The van der Waals surface area contributed by atoms with Gasteiger partial charge in [0, 0.05) is 13.1 Å². The molecule has 0 saturated heterocycles. The lowest BCUT2D eigenvalue weighted by Gasteiger charge is -2.26. The first kappa shape index (κ1) is 15.5. The summed E-state index contributed by atoms with van der Waals surface area (Å²) in [4.78, 5) is 13.6. The minimum absolute atomic E-state index is 0.421. The van der Waals surface area contributed by atoms with Gasteiger partial charge in [0.1, 0.15) is 0 Å². The Bertz CT molecular complexity index is 423. The van der Waals surface area contributed by atoms with Crippen LogP contribution in [0.4, 0.5) is 5.69 Å². The van der Waals surface area contributed by atoms with Crippen LogP contribution in [0.2, 0.25) is 0 Å². The van der Waals surface area contributed by atoms with Gasteiger partial charge in [-0.05, 0) is 44.2 Å². The summed E-state index contributed by atoms with van der Waals surface area (Å²) in [6, 6.07) is 5.61. The first-order valence-electron chi connectivity index (χ1n) is 7.11. The molecule has 1 aromatic carbocycles. The smallest absolute Gasteiger partial charge is 0.337 e. The summed E-state index contributed by atoms with van der Waals surface area (Å²) in [6.07, 6.45) is 2.02. The first-order valence-corrected chi connectivity index (χ1v) is 7.11. The molecule has 3 heteroatoms. The number of anilines is 1. The summed E-state index contributed by atoms with van der Waals surface area (Å²) in [5.74, 6) is -0.216. The molecule has 1 N–H and O–H groups in total. The Morgan fingerprint density at radius 1 is 1.26 bits per heavy atom. The number of aryl methyl sites for hydroxylation is 1. The number of hydrogen-bond donors (Lipinski definition) is 1. The second-order valence-corrected chi connectivity index (χ2v) is 5.22. The first-order chi connectivity index (χ1) is 9.01. The molecule has 0 aromatic heterocycles. The van der Waals surface area contributed by atoms with Gasteiger partial charge in [0.05, 0.1) is 11.3 Å². The van der Waals surface area contributed by atoms with Crippen LogP contribution >= 0.6 is 0 Å². The van der Waals surface area contributed by atoms with Crippen LogP contribution in [0, 0.1) is 5.92 Å². The zero-order valence-electron chi connectivity index (χ0n) is 12.4. The molecule has 0 spiro atoms. The minimum atomic E-state index is -0.840. The molecule has 1 aromatic rings. The molecule has 0 atom stereocenters. The molecule has 0 amide bonds. The van der Waals surface area contributed by atoms with Gasteiger partial charge in [0.25, 0.3) is 0 Å². The van der Waals surface area contributed by atoms with Gasteiger partial charge >= 0.3 is 5.97 Å². The maximum Gasteiger partial charge on any atom is 0.337 e. The summed E-state index contributed by atoms with van der Waals surface area (Å²) in [5, 5.41) is 9.38. The Morgan fingerprint density at radius 2 is 1.89 bits per heavy atom. The number of aromatic carboxylic acids is 1. The van der Waals surface area contributed by atoms with Crippen molar-refractivity contribution in [3.8, 4) is 0 Å². The van der Waals surface area contributed by atoms with E-state index in [4.69, 9.17) is 0 Å². The number of nitrogens with zero attached hydrogens (tertiary/aromatic N) is 1. The summed E-state index contributed by atoms with van der Waals surface area (Å²) in [5.41, 5.74) is 2.47. The Labute approximate surface area is 116 Å². The highest BCUT2D eigenvalue weighted by atomic mass is 16.4. The van der Waals surface area contributed by atoms with Crippen molar-refractivity contribution in [2.45, 2.75) is 40.5 Å². The topological polar surface area (TPSA) is 40.5 Å². The van der Waals surface area contributed by atoms with Crippen molar-refractivity contribution in [2.75, 3.05) is 18.0 Å².